The third-order valence-corrected chi connectivity index (χ3v) is 0.662. The van der Waals surface area contributed by atoms with Gasteiger partial charge in [0, 0.05) is 0 Å². The zero-order valence-electron chi connectivity index (χ0n) is 4.18. The Morgan fingerprint density at radius 2 is 2.57 bits per heavy atom. The summed E-state index contributed by atoms with van der Waals surface area (Å²) in [5.41, 5.74) is 0.417. The van der Waals surface area contributed by atoms with Crippen LogP contribution in [0.2, 0.25) is 0 Å². The van der Waals surface area contributed by atoms with Crippen LogP contribution in [0, 0.1) is 11.3 Å². The predicted molar refractivity (Wildman–Crippen MR) is 26.5 cm³/mol. The minimum atomic E-state index is -0.146. The van der Waals surface area contributed by atoms with Crippen molar-refractivity contribution >= 4 is 0 Å². The molecular formula is C5H7NO. The maximum Gasteiger partial charge on any atom is 0.0968 e. The van der Waals surface area contributed by atoms with Gasteiger partial charge in [0.25, 0.3) is 0 Å². The highest BCUT2D eigenvalue weighted by Crippen LogP contribution is 1.85. The quantitative estimate of drug-likeness (QED) is 0.483. The van der Waals surface area contributed by atoms with Crippen LogP contribution in [0.1, 0.15) is 6.92 Å². The van der Waals surface area contributed by atoms with Crippen LogP contribution in [0.15, 0.2) is 11.6 Å². The highest BCUT2D eigenvalue weighted by Gasteiger charge is 1.83. The molecule has 0 unspecified atom stereocenters. The van der Waals surface area contributed by atoms with Gasteiger partial charge in [-0.2, -0.15) is 5.26 Å². The smallest absolute Gasteiger partial charge is 0.0968 e. The molecule has 0 fully saturated rings. The summed E-state index contributed by atoms with van der Waals surface area (Å²) in [6, 6.07) is 1.81. The molecule has 2 nitrogen and oxygen atoms in total. The van der Waals surface area contributed by atoms with Gasteiger partial charge in [-0.1, -0.05) is 6.08 Å². The molecule has 0 spiro atoms. The lowest BCUT2D eigenvalue weighted by Crippen LogP contribution is -1.82. The maximum absolute atomic E-state index is 8.24. The number of nitrogens with zero attached hydrogens (tertiary/aromatic N) is 1. The fourth-order valence-corrected chi connectivity index (χ4v) is 0.191. The monoisotopic (exact) mass is 97.1 g/mol. The first-order valence-corrected chi connectivity index (χ1v) is 2.01. The van der Waals surface area contributed by atoms with Crippen molar-refractivity contribution in [2.45, 2.75) is 6.92 Å². The predicted octanol–water partition coefficient (Wildman–Crippen LogP) is 0.449. The normalized spacial score (nSPS) is 10.7. The molecule has 0 radical (unpaired) electrons. The fraction of sp³-hybridized carbons (Fsp3) is 0.400. The van der Waals surface area contributed by atoms with Crippen LogP contribution in [0.4, 0.5) is 0 Å². The van der Waals surface area contributed by atoms with Gasteiger partial charge in [0.2, 0.25) is 0 Å². The summed E-state index contributed by atoms with van der Waals surface area (Å²) in [4.78, 5) is 0. The van der Waals surface area contributed by atoms with Gasteiger partial charge in [-0.25, -0.2) is 0 Å². The third kappa shape index (κ3) is 1.96. The number of aliphatic hydroxyl groups is 1. The van der Waals surface area contributed by atoms with Gasteiger partial charge in [0.1, 0.15) is 0 Å². The minimum Gasteiger partial charge on any atom is -0.391 e. The zero-order chi connectivity index (χ0) is 5.70. The van der Waals surface area contributed by atoms with Crippen LogP contribution < -0.4 is 0 Å². The van der Waals surface area contributed by atoms with Crippen LogP contribution in [0.5, 0.6) is 0 Å². The van der Waals surface area contributed by atoms with E-state index in [4.69, 9.17) is 10.4 Å². The lowest BCUT2D eigenvalue weighted by molar-refractivity contribution is 0.335. The molecule has 0 rings (SSSR count). The largest absolute Gasteiger partial charge is 0.391 e. The molecule has 7 heavy (non-hydrogen) atoms. The van der Waals surface area contributed by atoms with Crippen molar-refractivity contribution in [2.75, 3.05) is 6.61 Å². The molecule has 1 N–H and O–H groups in total. The SMILES string of the molecule is C/C=C(\C#N)CO. The lowest BCUT2D eigenvalue weighted by atomic mass is 10.3. The zero-order valence-corrected chi connectivity index (χ0v) is 4.18. The summed E-state index contributed by atoms with van der Waals surface area (Å²) >= 11 is 0. The van der Waals surface area contributed by atoms with E-state index < -0.39 is 0 Å². The van der Waals surface area contributed by atoms with Crippen molar-refractivity contribution in [3.05, 3.63) is 11.6 Å². The summed E-state index contributed by atoms with van der Waals surface area (Å²) in [6.07, 6.45) is 1.58. The second kappa shape index (κ2) is 3.38. The second-order valence-corrected chi connectivity index (χ2v) is 1.08. The van der Waals surface area contributed by atoms with E-state index in [2.05, 4.69) is 0 Å². The van der Waals surface area contributed by atoms with Gasteiger partial charge in [-0.15, -0.1) is 0 Å². The summed E-state index contributed by atoms with van der Waals surface area (Å²) in [6.45, 7) is 1.57. The summed E-state index contributed by atoms with van der Waals surface area (Å²) in [5, 5.41) is 16.3. The van der Waals surface area contributed by atoms with Gasteiger partial charge in [-0.3, -0.25) is 0 Å². The summed E-state index contributed by atoms with van der Waals surface area (Å²) in [5.74, 6) is 0. The molecule has 0 aromatic rings. The Morgan fingerprint density at radius 1 is 2.00 bits per heavy atom. The van der Waals surface area contributed by atoms with Crippen molar-refractivity contribution in [3.63, 3.8) is 0 Å². The molecule has 2 heteroatoms. The average molecular weight is 97.1 g/mol. The Labute approximate surface area is 42.7 Å². The molecule has 0 aliphatic rings. The number of nitriles is 1. The molecule has 0 saturated heterocycles. The Morgan fingerprint density at radius 3 is 2.57 bits per heavy atom. The van der Waals surface area contributed by atoms with Gasteiger partial charge < -0.3 is 5.11 Å². The first-order chi connectivity index (χ1) is 3.35. The number of hydrogen-bond donors (Lipinski definition) is 1. The molecule has 0 aliphatic carbocycles. The van der Waals surface area contributed by atoms with Gasteiger partial charge in [0.05, 0.1) is 18.2 Å². The highest BCUT2D eigenvalue weighted by atomic mass is 16.3. The van der Waals surface area contributed by atoms with Crippen LogP contribution in [0.25, 0.3) is 0 Å². The maximum atomic E-state index is 8.24. The lowest BCUT2D eigenvalue weighted by Gasteiger charge is -1.81. The van der Waals surface area contributed by atoms with Gasteiger partial charge in [0.15, 0.2) is 0 Å². The number of rotatable bonds is 1. The van der Waals surface area contributed by atoms with Crippen LogP contribution in [-0.2, 0) is 0 Å². The first kappa shape index (κ1) is 6.19. The van der Waals surface area contributed by atoms with Crippen molar-refractivity contribution in [2.24, 2.45) is 0 Å². The molecule has 0 atom stereocenters. The Kier molecular flexibility index (Phi) is 2.99. The van der Waals surface area contributed by atoms with E-state index in [1.165, 1.54) is 0 Å². The van der Waals surface area contributed by atoms with Crippen molar-refractivity contribution in [1.82, 2.24) is 0 Å². The standard InChI is InChI=1S/C5H7NO/c1-2-5(3-6)4-7/h2,7H,4H2,1H3/b5-2+. The van der Waals surface area contributed by atoms with E-state index in [1.807, 2.05) is 6.07 Å². The topological polar surface area (TPSA) is 44.0 Å². The number of allylic oxidation sites excluding steroid dienone is 1. The first-order valence-electron chi connectivity index (χ1n) is 2.01. The molecule has 0 aliphatic heterocycles. The van der Waals surface area contributed by atoms with Gasteiger partial charge in [-0.05, 0) is 6.92 Å². The van der Waals surface area contributed by atoms with Gasteiger partial charge >= 0.3 is 0 Å². The second-order valence-electron chi connectivity index (χ2n) is 1.08. The minimum absolute atomic E-state index is 0.146. The molecule has 0 bridgehead atoms. The molecule has 0 amide bonds. The van der Waals surface area contributed by atoms with E-state index in [0.29, 0.717) is 5.57 Å². The summed E-state index contributed by atoms with van der Waals surface area (Å²) < 4.78 is 0. The molecular weight excluding hydrogens is 90.1 g/mol. The van der Waals surface area contributed by atoms with Crippen LogP contribution >= 0.6 is 0 Å². The third-order valence-electron chi connectivity index (χ3n) is 0.662. The van der Waals surface area contributed by atoms with Crippen LogP contribution in [-0.4, -0.2) is 11.7 Å². The van der Waals surface area contributed by atoms with Crippen molar-refractivity contribution in [1.29, 1.82) is 5.26 Å². The molecule has 0 aromatic heterocycles. The van der Waals surface area contributed by atoms with E-state index >= 15 is 0 Å². The Balaban J connectivity index is 3.68. The van der Waals surface area contributed by atoms with E-state index in [9.17, 15) is 0 Å². The molecule has 0 aromatic carbocycles. The van der Waals surface area contributed by atoms with E-state index in [-0.39, 0.29) is 6.61 Å². The summed E-state index contributed by atoms with van der Waals surface area (Å²) in [7, 11) is 0. The number of hydrogen-bond acceptors (Lipinski definition) is 2. The highest BCUT2D eigenvalue weighted by molar-refractivity contribution is 5.19. The molecule has 0 saturated carbocycles. The van der Waals surface area contributed by atoms with E-state index in [0.717, 1.165) is 0 Å². The van der Waals surface area contributed by atoms with E-state index in [1.54, 1.807) is 13.0 Å². The molecule has 0 heterocycles. The fourth-order valence-electron chi connectivity index (χ4n) is 0.191. The number of aliphatic hydroxyl groups excluding tert-OH is 1. The Bertz CT molecular complexity index is 110. The van der Waals surface area contributed by atoms with Crippen molar-refractivity contribution < 1.29 is 5.11 Å². The van der Waals surface area contributed by atoms with Crippen molar-refractivity contribution in [3.8, 4) is 6.07 Å². The van der Waals surface area contributed by atoms with Crippen LogP contribution in [0.3, 0.4) is 0 Å². The average Bonchev–Trinajstić information content (AvgIpc) is 1.72. The Hall–Kier alpha value is -0.810. The molecule has 38 valence electrons.